The highest BCUT2D eigenvalue weighted by Crippen LogP contribution is 2.43. The molecule has 1 fully saturated rings. The van der Waals surface area contributed by atoms with E-state index in [-0.39, 0.29) is 11.2 Å². The van der Waals surface area contributed by atoms with Gasteiger partial charge in [-0.2, -0.15) is 0 Å². The van der Waals surface area contributed by atoms with Gasteiger partial charge in [0.25, 0.3) is 0 Å². The van der Waals surface area contributed by atoms with Gasteiger partial charge in [0, 0.05) is 0 Å². The summed E-state index contributed by atoms with van der Waals surface area (Å²) < 4.78 is 13.0. The second-order valence-electron chi connectivity index (χ2n) is 6.24. The zero-order valence-corrected chi connectivity index (χ0v) is 13.4. The predicted molar refractivity (Wildman–Crippen MR) is 80.6 cm³/mol. The van der Waals surface area contributed by atoms with E-state index in [1.54, 1.807) is 0 Å². The molecular formula is C15H25NO2Si. The Bertz CT molecular complexity index is 415. The van der Waals surface area contributed by atoms with E-state index in [4.69, 9.17) is 14.6 Å². The molecule has 1 saturated heterocycles. The van der Waals surface area contributed by atoms with E-state index < -0.39 is 8.56 Å². The predicted octanol–water partition coefficient (Wildman–Crippen LogP) is 2.29. The minimum absolute atomic E-state index is 0.274. The standard InChI is InChI=1S/C15H25NO2Si/c1-14(2)15(3,4)18-19(17-14,12-8-11-16)13-9-6-5-7-10-13/h5-7,9-10H,8,11-12,16H2,1-4H3. The fraction of sp³-hybridized carbons (Fsp3) is 0.600. The number of benzene rings is 1. The lowest BCUT2D eigenvalue weighted by Crippen LogP contribution is -2.51. The van der Waals surface area contributed by atoms with Gasteiger partial charge in [-0.1, -0.05) is 30.3 Å². The highest BCUT2D eigenvalue weighted by molar-refractivity contribution is 6.81. The molecule has 0 amide bonds. The van der Waals surface area contributed by atoms with Crippen LogP contribution in [0.25, 0.3) is 0 Å². The van der Waals surface area contributed by atoms with Crippen LogP contribution in [-0.2, 0) is 8.85 Å². The molecule has 1 aliphatic heterocycles. The van der Waals surface area contributed by atoms with Crippen LogP contribution in [0.2, 0.25) is 6.04 Å². The van der Waals surface area contributed by atoms with Crippen LogP contribution in [-0.4, -0.2) is 26.3 Å². The SMILES string of the molecule is CC1(C)O[Si](CCCN)(c2ccccc2)OC1(C)C. The fourth-order valence-electron chi connectivity index (χ4n) is 2.48. The lowest BCUT2D eigenvalue weighted by atomic mass is 9.90. The molecule has 1 aliphatic rings. The van der Waals surface area contributed by atoms with Crippen molar-refractivity contribution >= 4 is 13.7 Å². The smallest absolute Gasteiger partial charge is 0.373 e. The summed E-state index contributed by atoms with van der Waals surface area (Å²) in [5.41, 5.74) is 5.14. The van der Waals surface area contributed by atoms with Gasteiger partial charge in [0.05, 0.1) is 11.2 Å². The highest BCUT2D eigenvalue weighted by Gasteiger charge is 2.59. The molecule has 3 nitrogen and oxygen atoms in total. The molecule has 2 N–H and O–H groups in total. The van der Waals surface area contributed by atoms with E-state index >= 15 is 0 Å². The zero-order valence-electron chi connectivity index (χ0n) is 12.4. The molecule has 0 saturated carbocycles. The molecule has 0 atom stereocenters. The molecule has 0 radical (unpaired) electrons. The van der Waals surface area contributed by atoms with Gasteiger partial charge < -0.3 is 14.6 Å². The summed E-state index contributed by atoms with van der Waals surface area (Å²) in [6, 6.07) is 11.3. The Labute approximate surface area is 117 Å². The van der Waals surface area contributed by atoms with Crippen LogP contribution in [0.5, 0.6) is 0 Å². The Balaban J connectivity index is 2.39. The molecule has 0 spiro atoms. The Kier molecular flexibility index (Phi) is 3.89. The van der Waals surface area contributed by atoms with Crippen molar-refractivity contribution in [1.82, 2.24) is 0 Å². The van der Waals surface area contributed by atoms with Gasteiger partial charge in [0.15, 0.2) is 0 Å². The molecule has 106 valence electrons. The summed E-state index contributed by atoms with van der Waals surface area (Å²) >= 11 is 0. The van der Waals surface area contributed by atoms with Crippen molar-refractivity contribution in [1.29, 1.82) is 0 Å². The highest BCUT2D eigenvalue weighted by atomic mass is 28.4. The number of hydrogen-bond donors (Lipinski definition) is 1. The first-order valence-electron chi connectivity index (χ1n) is 6.99. The topological polar surface area (TPSA) is 44.5 Å². The molecule has 4 heteroatoms. The Morgan fingerprint density at radius 2 is 1.53 bits per heavy atom. The van der Waals surface area contributed by atoms with Crippen LogP contribution in [0.4, 0.5) is 0 Å². The summed E-state index contributed by atoms with van der Waals surface area (Å²) in [6.45, 7) is 9.15. The average Bonchev–Trinajstić information content (AvgIpc) is 2.55. The minimum atomic E-state index is -2.38. The van der Waals surface area contributed by atoms with E-state index in [9.17, 15) is 0 Å². The fourth-order valence-corrected chi connectivity index (χ4v) is 6.76. The van der Waals surface area contributed by atoms with Crippen molar-refractivity contribution in [2.24, 2.45) is 5.73 Å². The van der Waals surface area contributed by atoms with E-state index in [0.717, 1.165) is 12.5 Å². The van der Waals surface area contributed by atoms with Crippen LogP contribution < -0.4 is 10.9 Å². The monoisotopic (exact) mass is 279 g/mol. The summed E-state index contributed by atoms with van der Waals surface area (Å²) in [7, 11) is -2.38. The third-order valence-corrected chi connectivity index (χ3v) is 8.12. The first-order chi connectivity index (χ1) is 8.83. The molecule has 1 aromatic carbocycles. The molecule has 0 aromatic heterocycles. The van der Waals surface area contributed by atoms with Gasteiger partial charge in [-0.05, 0) is 51.9 Å². The normalized spacial score (nSPS) is 23.4. The lowest BCUT2D eigenvalue weighted by molar-refractivity contribution is 0.00578. The first kappa shape index (κ1) is 14.7. The van der Waals surface area contributed by atoms with Crippen molar-refractivity contribution in [2.75, 3.05) is 6.54 Å². The second kappa shape index (κ2) is 5.02. The zero-order chi connectivity index (χ0) is 14.1. The van der Waals surface area contributed by atoms with Crippen LogP contribution >= 0.6 is 0 Å². The van der Waals surface area contributed by atoms with Crippen molar-refractivity contribution in [2.45, 2.75) is 51.4 Å². The Morgan fingerprint density at radius 3 is 2.00 bits per heavy atom. The Morgan fingerprint density at radius 1 is 1.00 bits per heavy atom. The van der Waals surface area contributed by atoms with Gasteiger partial charge in [-0.15, -0.1) is 0 Å². The maximum absolute atomic E-state index is 6.50. The first-order valence-corrected chi connectivity index (χ1v) is 9.01. The van der Waals surface area contributed by atoms with Crippen molar-refractivity contribution in [3.63, 3.8) is 0 Å². The molecule has 1 heterocycles. The molecule has 2 rings (SSSR count). The quantitative estimate of drug-likeness (QED) is 0.860. The van der Waals surface area contributed by atoms with Crippen molar-refractivity contribution < 1.29 is 8.85 Å². The van der Waals surface area contributed by atoms with Crippen molar-refractivity contribution in [3.8, 4) is 0 Å². The lowest BCUT2D eigenvalue weighted by Gasteiger charge is -2.31. The summed E-state index contributed by atoms with van der Waals surface area (Å²) in [5.74, 6) is 0. The van der Waals surface area contributed by atoms with Gasteiger partial charge in [0.1, 0.15) is 0 Å². The second-order valence-corrected chi connectivity index (χ2v) is 9.23. The third kappa shape index (κ3) is 2.63. The molecule has 0 unspecified atom stereocenters. The van der Waals surface area contributed by atoms with E-state index in [2.05, 4.69) is 52.0 Å². The van der Waals surface area contributed by atoms with Gasteiger partial charge in [0.2, 0.25) is 0 Å². The third-order valence-electron chi connectivity index (χ3n) is 4.21. The summed E-state index contributed by atoms with van der Waals surface area (Å²) in [6.07, 6.45) is 0.938. The molecule has 0 aliphatic carbocycles. The largest absolute Gasteiger partial charge is 0.383 e. The van der Waals surface area contributed by atoms with Gasteiger partial charge in [-0.3, -0.25) is 0 Å². The minimum Gasteiger partial charge on any atom is -0.383 e. The van der Waals surface area contributed by atoms with E-state index in [1.165, 1.54) is 5.19 Å². The number of hydrogen-bond acceptors (Lipinski definition) is 3. The number of nitrogens with two attached hydrogens (primary N) is 1. The average molecular weight is 279 g/mol. The maximum Gasteiger partial charge on any atom is 0.373 e. The molecule has 0 bridgehead atoms. The summed E-state index contributed by atoms with van der Waals surface area (Å²) in [5, 5.41) is 1.21. The summed E-state index contributed by atoms with van der Waals surface area (Å²) in [4.78, 5) is 0. The van der Waals surface area contributed by atoms with Crippen molar-refractivity contribution in [3.05, 3.63) is 30.3 Å². The Hall–Kier alpha value is -0.683. The van der Waals surface area contributed by atoms with Crippen LogP contribution in [0, 0.1) is 0 Å². The van der Waals surface area contributed by atoms with E-state index in [0.29, 0.717) is 6.54 Å². The van der Waals surface area contributed by atoms with Crippen LogP contribution in [0.3, 0.4) is 0 Å². The van der Waals surface area contributed by atoms with Gasteiger partial charge >= 0.3 is 8.56 Å². The van der Waals surface area contributed by atoms with Crippen LogP contribution in [0.15, 0.2) is 30.3 Å². The van der Waals surface area contributed by atoms with E-state index in [1.807, 2.05) is 6.07 Å². The maximum atomic E-state index is 6.50. The molecular weight excluding hydrogens is 254 g/mol. The van der Waals surface area contributed by atoms with Gasteiger partial charge in [-0.25, -0.2) is 0 Å². The van der Waals surface area contributed by atoms with Crippen LogP contribution in [0.1, 0.15) is 34.1 Å². The number of rotatable bonds is 4. The molecule has 1 aromatic rings. The molecule has 19 heavy (non-hydrogen) atoms.